The zero-order valence-corrected chi connectivity index (χ0v) is 22.3. The van der Waals surface area contributed by atoms with Crippen LogP contribution in [0.5, 0.6) is 0 Å². The number of oxazole rings is 1. The Labute approximate surface area is 238 Å². The molecule has 0 N–H and O–H groups in total. The molecule has 0 radical (unpaired) electrons. The molecule has 0 aliphatic carbocycles. The van der Waals surface area contributed by atoms with Crippen LogP contribution in [0.2, 0.25) is 0 Å². The lowest BCUT2D eigenvalue weighted by atomic mass is 10.1. The zero-order valence-electron chi connectivity index (χ0n) is 22.3. The molecule has 5 heteroatoms. The van der Waals surface area contributed by atoms with Crippen LogP contribution < -0.4 is 0 Å². The minimum Gasteiger partial charge on any atom is -0.456 e. The van der Waals surface area contributed by atoms with E-state index in [1.807, 2.05) is 30.3 Å². The summed E-state index contributed by atoms with van der Waals surface area (Å²) < 4.78 is 17.3. The van der Waals surface area contributed by atoms with Gasteiger partial charge in [0, 0.05) is 32.6 Å². The molecule has 0 saturated carbocycles. The molecule has 0 spiro atoms. The van der Waals surface area contributed by atoms with Gasteiger partial charge in [0.15, 0.2) is 5.58 Å². The van der Waals surface area contributed by atoms with Crippen LogP contribution in [0.1, 0.15) is 0 Å². The molecule has 196 valence electrons. The molecule has 6 aromatic carbocycles. The van der Waals surface area contributed by atoms with E-state index in [1.165, 1.54) is 21.8 Å². The number of hydrogen-bond donors (Lipinski definition) is 0. The van der Waals surface area contributed by atoms with Crippen LogP contribution in [0.4, 0.5) is 0 Å². The van der Waals surface area contributed by atoms with Gasteiger partial charge in [-0.2, -0.15) is 4.98 Å². The van der Waals surface area contributed by atoms with Crippen molar-refractivity contribution in [2.75, 3.05) is 0 Å². The Kier molecular flexibility index (Phi) is 4.12. The van der Waals surface area contributed by atoms with E-state index in [0.717, 1.165) is 60.5 Å². The molecular weight excluding hydrogens is 518 g/mol. The number of nitrogens with zero attached hydrogens (tertiary/aromatic N) is 3. The number of benzene rings is 6. The van der Waals surface area contributed by atoms with Crippen LogP contribution >= 0.6 is 0 Å². The van der Waals surface area contributed by atoms with Crippen LogP contribution in [0.15, 0.2) is 136 Å². The highest BCUT2D eigenvalue weighted by Gasteiger charge is 2.22. The van der Waals surface area contributed by atoms with Crippen molar-refractivity contribution in [3.63, 3.8) is 0 Å². The van der Waals surface area contributed by atoms with Gasteiger partial charge in [-0.15, -0.1) is 0 Å². The van der Waals surface area contributed by atoms with Gasteiger partial charge in [-0.05, 0) is 54.6 Å². The van der Waals surface area contributed by atoms with E-state index >= 15 is 0 Å². The molecular formula is C37H21N3O2. The topological polar surface area (TPSA) is 49.0 Å². The number of aromatic nitrogens is 3. The molecule has 5 nitrogen and oxygen atoms in total. The van der Waals surface area contributed by atoms with Crippen LogP contribution in [-0.2, 0) is 0 Å². The van der Waals surface area contributed by atoms with Crippen molar-refractivity contribution in [2.24, 2.45) is 0 Å². The first kappa shape index (κ1) is 21.9. The molecule has 4 aromatic heterocycles. The summed E-state index contributed by atoms with van der Waals surface area (Å²) in [6, 6.07) is 44.9. The molecule has 10 rings (SSSR count). The number of rotatable bonds is 2. The van der Waals surface area contributed by atoms with E-state index in [4.69, 9.17) is 13.8 Å². The van der Waals surface area contributed by atoms with Crippen LogP contribution in [0.25, 0.3) is 88.4 Å². The van der Waals surface area contributed by atoms with Crippen LogP contribution in [0.3, 0.4) is 0 Å². The van der Waals surface area contributed by atoms with E-state index in [0.29, 0.717) is 6.01 Å². The summed E-state index contributed by atoms with van der Waals surface area (Å²) in [5, 5.41) is 6.68. The second-order valence-corrected chi connectivity index (χ2v) is 10.8. The summed E-state index contributed by atoms with van der Waals surface area (Å²) in [6.45, 7) is 0. The molecule has 42 heavy (non-hydrogen) atoms. The van der Waals surface area contributed by atoms with E-state index in [2.05, 4.69) is 106 Å². The third kappa shape index (κ3) is 2.79. The largest absolute Gasteiger partial charge is 0.456 e. The van der Waals surface area contributed by atoms with Gasteiger partial charge in [-0.1, -0.05) is 72.8 Å². The quantitative estimate of drug-likeness (QED) is 0.220. The molecule has 0 aliphatic heterocycles. The Morgan fingerprint density at radius 1 is 0.452 bits per heavy atom. The van der Waals surface area contributed by atoms with Crippen molar-refractivity contribution in [1.82, 2.24) is 14.1 Å². The summed E-state index contributed by atoms with van der Waals surface area (Å²) >= 11 is 0. The average molecular weight is 540 g/mol. The number of para-hydroxylation sites is 4. The Morgan fingerprint density at radius 3 is 1.83 bits per heavy atom. The van der Waals surface area contributed by atoms with E-state index in [1.54, 1.807) is 0 Å². The highest BCUT2D eigenvalue weighted by Crippen LogP contribution is 2.41. The second-order valence-electron chi connectivity index (χ2n) is 10.8. The first-order chi connectivity index (χ1) is 20.8. The van der Waals surface area contributed by atoms with E-state index < -0.39 is 0 Å². The second kappa shape index (κ2) is 7.89. The fraction of sp³-hybridized carbons (Fsp3) is 0. The zero-order chi connectivity index (χ0) is 27.4. The van der Waals surface area contributed by atoms with Gasteiger partial charge >= 0.3 is 6.01 Å². The normalized spacial score (nSPS) is 12.3. The highest BCUT2D eigenvalue weighted by atomic mass is 16.4. The number of furan rings is 1. The predicted molar refractivity (Wildman–Crippen MR) is 170 cm³/mol. The Hall–Kier alpha value is -5.81. The van der Waals surface area contributed by atoms with E-state index in [9.17, 15) is 0 Å². The maximum Gasteiger partial charge on any atom is 0.307 e. The molecule has 10 aromatic rings. The maximum atomic E-state index is 6.67. The predicted octanol–water partition coefficient (Wildman–Crippen LogP) is 9.92. The van der Waals surface area contributed by atoms with Gasteiger partial charge in [0.25, 0.3) is 0 Å². The molecule has 0 atom stereocenters. The van der Waals surface area contributed by atoms with Gasteiger partial charge in [-0.25, -0.2) is 0 Å². The van der Waals surface area contributed by atoms with Crippen LogP contribution in [-0.4, -0.2) is 14.1 Å². The molecule has 0 fully saturated rings. The van der Waals surface area contributed by atoms with Crippen molar-refractivity contribution in [2.45, 2.75) is 0 Å². The average Bonchev–Trinajstić information content (AvgIpc) is 3.79. The molecule has 0 saturated heterocycles. The lowest BCUT2D eigenvalue weighted by Crippen LogP contribution is -1.94. The van der Waals surface area contributed by atoms with Gasteiger partial charge < -0.3 is 13.4 Å². The minimum absolute atomic E-state index is 0.542. The van der Waals surface area contributed by atoms with Crippen molar-refractivity contribution in [1.29, 1.82) is 0 Å². The summed E-state index contributed by atoms with van der Waals surface area (Å²) in [4.78, 5) is 5.04. The Morgan fingerprint density at radius 2 is 1.07 bits per heavy atom. The smallest absolute Gasteiger partial charge is 0.307 e. The van der Waals surface area contributed by atoms with Crippen LogP contribution in [0, 0.1) is 0 Å². The molecule has 0 amide bonds. The Bertz CT molecular complexity index is 2690. The summed E-state index contributed by atoms with van der Waals surface area (Å²) in [7, 11) is 0. The third-order valence-corrected chi connectivity index (χ3v) is 8.56. The highest BCUT2D eigenvalue weighted by molar-refractivity contribution is 6.19. The van der Waals surface area contributed by atoms with Gasteiger partial charge in [0.05, 0.1) is 27.5 Å². The standard InChI is InChI=1S/C37H21N3O2/c1-2-10-22(11-3-1)39-29-15-7-4-12-23(29)26-21-32-27(20-31(26)39)24-13-5-8-16-30(24)40(32)37-38-28-18-19-34-35(36(28)42-37)25-14-6-9-17-33(25)41-34/h1-21H. The first-order valence-corrected chi connectivity index (χ1v) is 14.1. The molecule has 4 heterocycles. The van der Waals surface area contributed by atoms with Gasteiger partial charge in [0.2, 0.25) is 0 Å². The SMILES string of the molecule is c1ccc(-n2c3ccccc3c3cc4c(cc32)c2ccccc2n4-c2nc3ccc4oc5ccccc5c4c3o2)cc1. The maximum absolute atomic E-state index is 6.67. The molecule has 0 bridgehead atoms. The summed E-state index contributed by atoms with van der Waals surface area (Å²) in [5.74, 6) is 0. The number of hydrogen-bond acceptors (Lipinski definition) is 3. The van der Waals surface area contributed by atoms with Crippen molar-refractivity contribution in [3.05, 3.63) is 127 Å². The number of fused-ring (bicyclic) bond motifs is 11. The summed E-state index contributed by atoms with van der Waals surface area (Å²) in [5.41, 5.74) is 8.77. The fourth-order valence-corrected chi connectivity index (χ4v) is 6.77. The van der Waals surface area contributed by atoms with Gasteiger partial charge in [-0.3, -0.25) is 4.57 Å². The van der Waals surface area contributed by atoms with E-state index in [-0.39, 0.29) is 0 Å². The van der Waals surface area contributed by atoms with Crippen molar-refractivity contribution < 1.29 is 8.83 Å². The lowest BCUT2D eigenvalue weighted by molar-refractivity contribution is 0.577. The summed E-state index contributed by atoms with van der Waals surface area (Å²) in [6.07, 6.45) is 0. The third-order valence-electron chi connectivity index (χ3n) is 8.56. The van der Waals surface area contributed by atoms with Crippen molar-refractivity contribution in [3.8, 4) is 11.7 Å². The molecule has 0 unspecified atom stereocenters. The lowest BCUT2D eigenvalue weighted by Gasteiger charge is -2.07. The Balaban J connectivity index is 1.34. The first-order valence-electron chi connectivity index (χ1n) is 14.1. The monoisotopic (exact) mass is 539 g/mol. The molecule has 0 aliphatic rings. The van der Waals surface area contributed by atoms with Crippen molar-refractivity contribution >= 4 is 76.6 Å². The van der Waals surface area contributed by atoms with Gasteiger partial charge in [0.1, 0.15) is 16.7 Å². The minimum atomic E-state index is 0.542. The fourth-order valence-electron chi connectivity index (χ4n) is 6.77.